The van der Waals surface area contributed by atoms with Gasteiger partial charge in [0.25, 0.3) is 0 Å². The molecule has 17 heavy (non-hydrogen) atoms. The van der Waals surface area contributed by atoms with E-state index in [0.29, 0.717) is 6.42 Å². The minimum atomic E-state index is 0.294. The summed E-state index contributed by atoms with van der Waals surface area (Å²) in [7, 11) is 0. The van der Waals surface area contributed by atoms with Gasteiger partial charge in [-0.05, 0) is 18.2 Å². The zero-order valence-electron chi connectivity index (χ0n) is 9.00. The fourth-order valence-electron chi connectivity index (χ4n) is 1.95. The molecule has 0 radical (unpaired) electrons. The first kappa shape index (κ1) is 9.67. The molecule has 0 atom stereocenters. The van der Waals surface area contributed by atoms with Crippen LogP contribution in [0.1, 0.15) is 5.69 Å². The van der Waals surface area contributed by atoms with E-state index >= 15 is 0 Å². The van der Waals surface area contributed by atoms with Gasteiger partial charge in [-0.15, -0.1) is 0 Å². The van der Waals surface area contributed by atoms with Crippen molar-refractivity contribution in [2.75, 3.05) is 0 Å². The second-order valence-corrected chi connectivity index (χ2v) is 3.68. The normalized spacial score (nSPS) is 10.5. The minimum absolute atomic E-state index is 0.294. The molecule has 3 heterocycles. The number of rotatable bonds is 2. The van der Waals surface area contributed by atoms with Gasteiger partial charge in [0.15, 0.2) is 0 Å². The van der Waals surface area contributed by atoms with Crippen molar-refractivity contribution in [1.29, 1.82) is 5.26 Å². The first-order valence-electron chi connectivity index (χ1n) is 5.25. The maximum atomic E-state index is 8.84. The number of pyridine rings is 1. The molecule has 0 N–H and O–H groups in total. The molecule has 0 aromatic carbocycles. The summed E-state index contributed by atoms with van der Waals surface area (Å²) in [6, 6.07) is 9.80. The monoisotopic (exact) mass is 223 g/mol. The summed E-state index contributed by atoms with van der Waals surface area (Å²) in [5.41, 5.74) is 3.49. The standard InChI is InChI=1S/C13H9N3O/c14-6-4-11-13(10-5-8-17-9-10)16-7-2-1-3-12(16)15-11/h1-3,5,7-9H,4H2. The molecule has 0 aliphatic carbocycles. The Balaban J connectivity index is 2.33. The van der Waals surface area contributed by atoms with Gasteiger partial charge >= 0.3 is 0 Å². The zero-order chi connectivity index (χ0) is 11.7. The predicted molar refractivity (Wildman–Crippen MR) is 62.2 cm³/mol. The van der Waals surface area contributed by atoms with Crippen molar-refractivity contribution in [3.05, 3.63) is 48.7 Å². The van der Waals surface area contributed by atoms with Gasteiger partial charge in [0.1, 0.15) is 5.65 Å². The van der Waals surface area contributed by atoms with Gasteiger partial charge in [-0.2, -0.15) is 5.26 Å². The molecule has 0 fully saturated rings. The summed E-state index contributed by atoms with van der Waals surface area (Å²) >= 11 is 0. The van der Waals surface area contributed by atoms with E-state index in [-0.39, 0.29) is 0 Å². The highest BCUT2D eigenvalue weighted by Gasteiger charge is 2.14. The number of hydrogen-bond donors (Lipinski definition) is 0. The van der Waals surface area contributed by atoms with Crippen LogP contribution in [-0.4, -0.2) is 9.38 Å². The van der Waals surface area contributed by atoms with Crippen LogP contribution in [0, 0.1) is 11.3 Å². The molecule has 0 unspecified atom stereocenters. The highest BCUT2D eigenvalue weighted by atomic mass is 16.3. The van der Waals surface area contributed by atoms with Gasteiger partial charge in [0.2, 0.25) is 0 Å². The maximum Gasteiger partial charge on any atom is 0.137 e. The lowest BCUT2D eigenvalue weighted by Crippen LogP contribution is -1.89. The Hall–Kier alpha value is -2.54. The maximum absolute atomic E-state index is 8.84. The summed E-state index contributed by atoms with van der Waals surface area (Å²) in [6.45, 7) is 0. The van der Waals surface area contributed by atoms with Crippen molar-refractivity contribution in [1.82, 2.24) is 9.38 Å². The van der Waals surface area contributed by atoms with Gasteiger partial charge in [0.05, 0.1) is 36.4 Å². The first-order chi connectivity index (χ1) is 8.40. The van der Waals surface area contributed by atoms with Crippen LogP contribution >= 0.6 is 0 Å². The molecule has 0 aliphatic heterocycles. The van der Waals surface area contributed by atoms with Crippen molar-refractivity contribution < 1.29 is 4.42 Å². The second-order valence-electron chi connectivity index (χ2n) is 3.68. The lowest BCUT2D eigenvalue weighted by atomic mass is 10.1. The van der Waals surface area contributed by atoms with Crippen LogP contribution in [0.3, 0.4) is 0 Å². The molecular formula is C13H9N3O. The van der Waals surface area contributed by atoms with Gasteiger partial charge in [-0.3, -0.25) is 4.40 Å². The lowest BCUT2D eigenvalue weighted by molar-refractivity contribution is 0.568. The molecule has 0 aliphatic rings. The second kappa shape index (κ2) is 3.80. The number of imidazole rings is 1. The van der Waals surface area contributed by atoms with Gasteiger partial charge in [-0.25, -0.2) is 4.98 Å². The zero-order valence-corrected chi connectivity index (χ0v) is 9.00. The summed E-state index contributed by atoms with van der Waals surface area (Å²) in [5, 5.41) is 8.84. The number of hydrogen-bond acceptors (Lipinski definition) is 3. The summed E-state index contributed by atoms with van der Waals surface area (Å²) in [6.07, 6.45) is 5.51. The Labute approximate surface area is 97.7 Å². The number of furan rings is 1. The fraction of sp³-hybridized carbons (Fsp3) is 0.0769. The Kier molecular flexibility index (Phi) is 2.16. The third kappa shape index (κ3) is 1.49. The Morgan fingerprint density at radius 1 is 1.35 bits per heavy atom. The van der Waals surface area contributed by atoms with Gasteiger partial charge in [0, 0.05) is 11.8 Å². The highest BCUT2D eigenvalue weighted by Crippen LogP contribution is 2.25. The average molecular weight is 223 g/mol. The van der Waals surface area contributed by atoms with E-state index in [4.69, 9.17) is 9.68 Å². The van der Waals surface area contributed by atoms with Crippen molar-refractivity contribution in [3.8, 4) is 17.3 Å². The predicted octanol–water partition coefficient (Wildman–Crippen LogP) is 2.66. The first-order valence-corrected chi connectivity index (χ1v) is 5.25. The van der Waals surface area contributed by atoms with E-state index in [1.807, 2.05) is 34.9 Å². The molecule has 3 aromatic heterocycles. The molecular weight excluding hydrogens is 214 g/mol. The molecule has 82 valence electrons. The SMILES string of the molecule is N#CCc1nc2ccccn2c1-c1ccoc1. The molecule has 0 amide bonds. The average Bonchev–Trinajstić information content (AvgIpc) is 2.94. The van der Waals surface area contributed by atoms with Crippen LogP contribution in [0.4, 0.5) is 0 Å². The van der Waals surface area contributed by atoms with Crippen LogP contribution < -0.4 is 0 Å². The van der Waals surface area contributed by atoms with Crippen LogP contribution in [0.25, 0.3) is 16.9 Å². The molecule has 0 saturated carbocycles. The van der Waals surface area contributed by atoms with E-state index in [9.17, 15) is 0 Å². The van der Waals surface area contributed by atoms with E-state index in [2.05, 4.69) is 11.1 Å². The number of aromatic nitrogens is 2. The van der Waals surface area contributed by atoms with Crippen LogP contribution in [0.15, 0.2) is 47.4 Å². The van der Waals surface area contributed by atoms with E-state index in [0.717, 1.165) is 22.6 Å². The summed E-state index contributed by atoms with van der Waals surface area (Å²) < 4.78 is 7.07. The van der Waals surface area contributed by atoms with Crippen LogP contribution in [-0.2, 0) is 6.42 Å². The topological polar surface area (TPSA) is 54.2 Å². The fourth-order valence-corrected chi connectivity index (χ4v) is 1.95. The molecule has 4 heteroatoms. The number of nitriles is 1. The Morgan fingerprint density at radius 3 is 3.06 bits per heavy atom. The number of nitrogens with zero attached hydrogens (tertiary/aromatic N) is 3. The Bertz CT molecular complexity index is 689. The minimum Gasteiger partial charge on any atom is -0.472 e. The summed E-state index contributed by atoms with van der Waals surface area (Å²) in [4.78, 5) is 4.46. The highest BCUT2D eigenvalue weighted by molar-refractivity contribution is 5.66. The third-order valence-electron chi connectivity index (χ3n) is 2.64. The van der Waals surface area contributed by atoms with Crippen molar-refractivity contribution in [2.24, 2.45) is 0 Å². The quantitative estimate of drug-likeness (QED) is 0.671. The largest absolute Gasteiger partial charge is 0.472 e. The van der Waals surface area contributed by atoms with E-state index in [1.54, 1.807) is 12.5 Å². The summed E-state index contributed by atoms with van der Waals surface area (Å²) in [5.74, 6) is 0. The smallest absolute Gasteiger partial charge is 0.137 e. The molecule has 4 nitrogen and oxygen atoms in total. The van der Waals surface area contributed by atoms with Crippen LogP contribution in [0.5, 0.6) is 0 Å². The van der Waals surface area contributed by atoms with E-state index < -0.39 is 0 Å². The molecule has 3 rings (SSSR count). The molecule has 0 saturated heterocycles. The lowest BCUT2D eigenvalue weighted by Gasteiger charge is -1.99. The van der Waals surface area contributed by atoms with Crippen molar-refractivity contribution >= 4 is 5.65 Å². The Morgan fingerprint density at radius 2 is 2.29 bits per heavy atom. The molecule has 3 aromatic rings. The van der Waals surface area contributed by atoms with Crippen molar-refractivity contribution in [2.45, 2.75) is 6.42 Å². The molecule has 0 bridgehead atoms. The molecule has 0 spiro atoms. The van der Waals surface area contributed by atoms with Crippen LogP contribution in [0.2, 0.25) is 0 Å². The van der Waals surface area contributed by atoms with E-state index in [1.165, 1.54) is 0 Å². The van der Waals surface area contributed by atoms with Gasteiger partial charge < -0.3 is 4.42 Å². The van der Waals surface area contributed by atoms with Crippen molar-refractivity contribution in [3.63, 3.8) is 0 Å². The van der Waals surface area contributed by atoms with Gasteiger partial charge in [-0.1, -0.05) is 6.07 Å². The number of fused-ring (bicyclic) bond motifs is 1. The third-order valence-corrected chi connectivity index (χ3v) is 2.64.